The molecule has 2 rings (SSSR count). The molecule has 0 aliphatic carbocycles. The highest BCUT2D eigenvalue weighted by Crippen LogP contribution is 2.29. The Morgan fingerprint density at radius 3 is 3.12 bits per heavy atom. The van der Waals surface area contributed by atoms with E-state index in [1.165, 1.54) is 5.56 Å². The molecule has 90 valence electrons. The van der Waals surface area contributed by atoms with Crippen LogP contribution in [0.2, 0.25) is 4.34 Å². The first kappa shape index (κ1) is 12.4. The summed E-state index contributed by atoms with van der Waals surface area (Å²) in [5.74, 6) is 0. The Balaban J connectivity index is 2.04. The number of halogens is 1. The third-order valence-electron chi connectivity index (χ3n) is 3.43. The molecule has 0 bridgehead atoms. The fourth-order valence-corrected chi connectivity index (χ4v) is 2.85. The van der Waals surface area contributed by atoms with E-state index in [1.54, 1.807) is 11.3 Å². The normalized spacial score (nSPS) is 31.3. The Bertz CT molecular complexity index is 355. The number of ether oxygens (including phenoxy) is 1. The summed E-state index contributed by atoms with van der Waals surface area (Å²) in [7, 11) is 0. The van der Waals surface area contributed by atoms with Crippen molar-refractivity contribution >= 4 is 22.9 Å². The molecule has 0 saturated carbocycles. The SMILES string of the molecule is CCC1(C)CCOC(c2csc(Cl)c2)CN1. The van der Waals surface area contributed by atoms with Crippen LogP contribution in [0.5, 0.6) is 0 Å². The van der Waals surface area contributed by atoms with Crippen LogP contribution in [0.3, 0.4) is 0 Å². The van der Waals surface area contributed by atoms with Gasteiger partial charge in [-0.25, -0.2) is 0 Å². The molecular weight excluding hydrogens is 242 g/mol. The Morgan fingerprint density at radius 1 is 1.69 bits per heavy atom. The first-order valence-corrected chi connectivity index (χ1v) is 6.99. The van der Waals surface area contributed by atoms with Crippen molar-refractivity contribution < 1.29 is 4.74 Å². The molecule has 0 amide bonds. The minimum absolute atomic E-state index is 0.150. The Hall–Kier alpha value is -0.0900. The maximum Gasteiger partial charge on any atom is 0.0957 e. The van der Waals surface area contributed by atoms with E-state index < -0.39 is 0 Å². The van der Waals surface area contributed by atoms with Gasteiger partial charge in [-0.2, -0.15) is 0 Å². The van der Waals surface area contributed by atoms with Crippen LogP contribution in [0.25, 0.3) is 0 Å². The van der Waals surface area contributed by atoms with Crippen LogP contribution in [0.15, 0.2) is 11.4 Å². The Labute approximate surface area is 106 Å². The van der Waals surface area contributed by atoms with E-state index in [2.05, 4.69) is 24.5 Å². The van der Waals surface area contributed by atoms with Crippen LogP contribution < -0.4 is 5.32 Å². The fourth-order valence-electron chi connectivity index (χ4n) is 1.92. The third kappa shape index (κ3) is 2.77. The largest absolute Gasteiger partial charge is 0.372 e. The zero-order chi connectivity index (χ0) is 11.6. The summed E-state index contributed by atoms with van der Waals surface area (Å²) in [5, 5.41) is 5.69. The predicted octanol–water partition coefficient (Wildman–Crippen LogP) is 3.62. The molecule has 2 unspecified atom stereocenters. The molecule has 1 fully saturated rings. The van der Waals surface area contributed by atoms with Gasteiger partial charge < -0.3 is 10.1 Å². The van der Waals surface area contributed by atoms with Crippen LogP contribution in [0.4, 0.5) is 0 Å². The average Bonchev–Trinajstić information content (AvgIpc) is 2.59. The van der Waals surface area contributed by atoms with Gasteiger partial charge in [0, 0.05) is 18.7 Å². The lowest BCUT2D eigenvalue weighted by Gasteiger charge is -2.27. The van der Waals surface area contributed by atoms with E-state index in [1.807, 2.05) is 6.07 Å². The number of hydrogen-bond acceptors (Lipinski definition) is 3. The molecule has 2 nitrogen and oxygen atoms in total. The van der Waals surface area contributed by atoms with E-state index in [0.29, 0.717) is 0 Å². The maximum absolute atomic E-state index is 5.95. The highest BCUT2D eigenvalue weighted by atomic mass is 35.5. The molecule has 4 heteroatoms. The molecule has 1 aromatic rings. The molecule has 1 aliphatic heterocycles. The average molecular weight is 260 g/mol. The zero-order valence-corrected chi connectivity index (χ0v) is 11.3. The van der Waals surface area contributed by atoms with E-state index in [-0.39, 0.29) is 11.6 Å². The van der Waals surface area contributed by atoms with Crippen molar-refractivity contribution in [2.24, 2.45) is 0 Å². The quantitative estimate of drug-likeness (QED) is 0.876. The fraction of sp³-hybridized carbons (Fsp3) is 0.667. The topological polar surface area (TPSA) is 21.3 Å². The second-order valence-electron chi connectivity index (χ2n) is 4.59. The van der Waals surface area contributed by atoms with Crippen LogP contribution in [0, 0.1) is 0 Å². The van der Waals surface area contributed by atoms with Gasteiger partial charge >= 0.3 is 0 Å². The van der Waals surface area contributed by atoms with E-state index in [9.17, 15) is 0 Å². The van der Waals surface area contributed by atoms with Gasteiger partial charge in [0.05, 0.1) is 10.4 Å². The summed E-state index contributed by atoms with van der Waals surface area (Å²) in [4.78, 5) is 0. The van der Waals surface area contributed by atoms with Crippen LogP contribution >= 0.6 is 22.9 Å². The molecule has 2 heterocycles. The van der Waals surface area contributed by atoms with Gasteiger partial charge in [-0.05, 0) is 36.8 Å². The highest BCUT2D eigenvalue weighted by molar-refractivity contribution is 7.14. The summed E-state index contributed by atoms with van der Waals surface area (Å²) in [6.07, 6.45) is 2.35. The van der Waals surface area contributed by atoms with Gasteiger partial charge in [0.15, 0.2) is 0 Å². The van der Waals surface area contributed by atoms with Gasteiger partial charge in [0.25, 0.3) is 0 Å². The van der Waals surface area contributed by atoms with Gasteiger partial charge in [0.2, 0.25) is 0 Å². The molecule has 1 aliphatic rings. The van der Waals surface area contributed by atoms with E-state index in [0.717, 1.165) is 30.3 Å². The minimum atomic E-state index is 0.150. The molecule has 1 N–H and O–H groups in total. The van der Waals surface area contributed by atoms with Crippen molar-refractivity contribution in [3.05, 3.63) is 21.3 Å². The van der Waals surface area contributed by atoms with E-state index >= 15 is 0 Å². The Morgan fingerprint density at radius 2 is 2.50 bits per heavy atom. The summed E-state index contributed by atoms with van der Waals surface area (Å²) in [6.45, 7) is 6.17. The van der Waals surface area contributed by atoms with Gasteiger partial charge in [0.1, 0.15) is 0 Å². The summed E-state index contributed by atoms with van der Waals surface area (Å²) >= 11 is 7.51. The molecular formula is C12H18ClNOS. The molecule has 16 heavy (non-hydrogen) atoms. The minimum Gasteiger partial charge on any atom is -0.372 e. The summed E-state index contributed by atoms with van der Waals surface area (Å²) in [5.41, 5.74) is 1.41. The van der Waals surface area contributed by atoms with Crippen molar-refractivity contribution in [1.29, 1.82) is 0 Å². The van der Waals surface area contributed by atoms with Gasteiger partial charge in [-0.1, -0.05) is 18.5 Å². The van der Waals surface area contributed by atoms with Crippen molar-refractivity contribution in [3.63, 3.8) is 0 Å². The number of rotatable bonds is 2. The van der Waals surface area contributed by atoms with Crippen LogP contribution in [-0.2, 0) is 4.74 Å². The lowest BCUT2D eigenvalue weighted by molar-refractivity contribution is 0.0656. The number of nitrogens with one attached hydrogen (secondary N) is 1. The smallest absolute Gasteiger partial charge is 0.0957 e. The van der Waals surface area contributed by atoms with Crippen molar-refractivity contribution in [3.8, 4) is 0 Å². The molecule has 0 radical (unpaired) electrons. The van der Waals surface area contributed by atoms with E-state index in [4.69, 9.17) is 16.3 Å². The second kappa shape index (κ2) is 5.05. The summed E-state index contributed by atoms with van der Waals surface area (Å²) in [6, 6.07) is 2.01. The standard InChI is InChI=1S/C12H18ClNOS/c1-3-12(2)4-5-15-10(7-14-12)9-6-11(13)16-8-9/h6,8,10,14H,3-5,7H2,1-2H3. The second-order valence-corrected chi connectivity index (χ2v) is 6.13. The molecule has 0 aromatic carbocycles. The van der Waals surface area contributed by atoms with Gasteiger partial charge in [-0.3, -0.25) is 0 Å². The van der Waals surface area contributed by atoms with Crippen molar-refractivity contribution in [1.82, 2.24) is 5.32 Å². The molecule has 1 aromatic heterocycles. The molecule has 2 atom stereocenters. The zero-order valence-electron chi connectivity index (χ0n) is 9.75. The van der Waals surface area contributed by atoms with Gasteiger partial charge in [-0.15, -0.1) is 11.3 Å². The monoisotopic (exact) mass is 259 g/mol. The first-order valence-electron chi connectivity index (χ1n) is 5.73. The Kier molecular flexibility index (Phi) is 3.90. The number of thiophene rings is 1. The van der Waals surface area contributed by atoms with Crippen LogP contribution in [0.1, 0.15) is 38.4 Å². The van der Waals surface area contributed by atoms with Crippen molar-refractivity contribution in [2.45, 2.75) is 38.3 Å². The summed E-state index contributed by atoms with van der Waals surface area (Å²) < 4.78 is 6.72. The molecule has 0 spiro atoms. The first-order chi connectivity index (χ1) is 7.63. The van der Waals surface area contributed by atoms with Crippen molar-refractivity contribution in [2.75, 3.05) is 13.2 Å². The highest BCUT2D eigenvalue weighted by Gasteiger charge is 2.27. The predicted molar refractivity (Wildman–Crippen MR) is 69.3 cm³/mol. The molecule has 1 saturated heterocycles. The lowest BCUT2D eigenvalue weighted by Crippen LogP contribution is -2.42. The maximum atomic E-state index is 5.95. The third-order valence-corrected chi connectivity index (χ3v) is 4.54. The number of hydrogen-bond donors (Lipinski definition) is 1. The van der Waals surface area contributed by atoms with Crippen LogP contribution in [-0.4, -0.2) is 18.7 Å². The lowest BCUT2D eigenvalue weighted by atomic mass is 9.95.